The van der Waals surface area contributed by atoms with Crippen LogP contribution in [0, 0.1) is 5.92 Å². The summed E-state index contributed by atoms with van der Waals surface area (Å²) >= 11 is 0. The first-order valence-electron chi connectivity index (χ1n) is 7.17. The molecular weight excluding hydrogens is 279 g/mol. The van der Waals surface area contributed by atoms with Crippen LogP contribution in [0.4, 0.5) is 13.2 Å². The molecule has 0 radical (unpaired) electrons. The van der Waals surface area contributed by atoms with Crippen LogP contribution in [0.15, 0.2) is 24.3 Å². The van der Waals surface area contributed by atoms with Crippen LogP contribution < -0.4 is 0 Å². The summed E-state index contributed by atoms with van der Waals surface area (Å²) in [6.07, 6.45) is -1.52. The Kier molecular flexibility index (Phi) is 4.71. The van der Waals surface area contributed by atoms with E-state index in [1.165, 1.54) is 12.1 Å². The maximum Gasteiger partial charge on any atom is 0.416 e. The lowest BCUT2D eigenvalue weighted by Gasteiger charge is -2.35. The second-order valence-electron chi connectivity index (χ2n) is 5.81. The molecule has 0 N–H and O–H groups in total. The molecule has 116 valence electrons. The van der Waals surface area contributed by atoms with Crippen molar-refractivity contribution in [3.63, 3.8) is 0 Å². The minimum Gasteiger partial charge on any atom is -0.302 e. The van der Waals surface area contributed by atoms with Gasteiger partial charge in [-0.25, -0.2) is 0 Å². The van der Waals surface area contributed by atoms with Crippen molar-refractivity contribution >= 4 is 5.78 Å². The Balaban J connectivity index is 2.46. The number of Topliss-reactive ketones (excluding diaryl/α,β-unsaturated/α-hetero) is 1. The van der Waals surface area contributed by atoms with Gasteiger partial charge in [-0.15, -0.1) is 0 Å². The third-order valence-corrected chi connectivity index (χ3v) is 4.12. The number of nitrogens with zero attached hydrogens (tertiary/aromatic N) is 1. The number of carbonyl (C=O) groups is 1. The fourth-order valence-electron chi connectivity index (χ4n) is 3.21. The molecule has 1 fully saturated rings. The van der Waals surface area contributed by atoms with Gasteiger partial charge in [-0.3, -0.25) is 4.79 Å². The molecule has 2 unspecified atom stereocenters. The minimum atomic E-state index is -4.40. The number of rotatable bonds is 3. The molecule has 0 aliphatic heterocycles. The summed E-state index contributed by atoms with van der Waals surface area (Å²) < 4.78 is 39.7. The summed E-state index contributed by atoms with van der Waals surface area (Å²) in [5.41, 5.74) is -0.433. The summed E-state index contributed by atoms with van der Waals surface area (Å²) in [6, 6.07) is 5.07. The molecule has 2 atom stereocenters. The first-order chi connectivity index (χ1) is 9.82. The number of carbonyl (C=O) groups excluding carboxylic acids is 1. The van der Waals surface area contributed by atoms with Gasteiger partial charge in [0, 0.05) is 18.4 Å². The van der Waals surface area contributed by atoms with Crippen molar-refractivity contribution in [2.24, 2.45) is 5.92 Å². The van der Waals surface area contributed by atoms with Gasteiger partial charge in [-0.05, 0) is 38.6 Å². The Hall–Kier alpha value is -1.36. The highest BCUT2D eigenvalue weighted by Gasteiger charge is 2.39. The van der Waals surface area contributed by atoms with E-state index in [4.69, 9.17) is 0 Å². The van der Waals surface area contributed by atoms with Gasteiger partial charge in [0.2, 0.25) is 0 Å². The van der Waals surface area contributed by atoms with Gasteiger partial charge in [0.15, 0.2) is 0 Å². The molecule has 0 saturated heterocycles. The predicted molar refractivity (Wildman–Crippen MR) is 74.8 cm³/mol. The van der Waals surface area contributed by atoms with Crippen molar-refractivity contribution in [3.05, 3.63) is 35.4 Å². The lowest BCUT2D eigenvalue weighted by Crippen LogP contribution is -2.35. The largest absolute Gasteiger partial charge is 0.416 e. The predicted octanol–water partition coefficient (Wildman–Crippen LogP) is 4.07. The molecular formula is C16H20F3NO. The molecule has 5 heteroatoms. The molecule has 2 nitrogen and oxygen atoms in total. The first-order valence-corrected chi connectivity index (χ1v) is 7.17. The Morgan fingerprint density at radius 2 is 1.86 bits per heavy atom. The number of ketones is 1. The average molecular weight is 299 g/mol. The van der Waals surface area contributed by atoms with Gasteiger partial charge < -0.3 is 4.90 Å². The van der Waals surface area contributed by atoms with Crippen LogP contribution >= 0.6 is 0 Å². The fraction of sp³-hybridized carbons (Fsp3) is 0.562. The lowest BCUT2D eigenvalue weighted by atomic mass is 9.78. The third-order valence-electron chi connectivity index (χ3n) is 4.12. The Bertz CT molecular complexity index is 510. The molecule has 1 aliphatic carbocycles. The number of halogens is 3. The van der Waals surface area contributed by atoms with Crippen LogP contribution in [0.25, 0.3) is 0 Å². The monoisotopic (exact) mass is 299 g/mol. The summed E-state index contributed by atoms with van der Waals surface area (Å²) in [6.45, 7) is 0. The minimum absolute atomic E-state index is 0.0805. The molecule has 1 aromatic rings. The SMILES string of the molecule is CN(C)C(c1ccccc1C(F)(F)F)C1CCCCC1=O. The second-order valence-corrected chi connectivity index (χ2v) is 5.81. The molecule has 1 saturated carbocycles. The zero-order valence-corrected chi connectivity index (χ0v) is 12.3. The molecule has 0 spiro atoms. The highest BCUT2D eigenvalue weighted by atomic mass is 19.4. The molecule has 21 heavy (non-hydrogen) atoms. The van der Waals surface area contributed by atoms with E-state index in [2.05, 4.69) is 0 Å². The summed E-state index contributed by atoms with van der Waals surface area (Å²) in [7, 11) is 3.47. The van der Waals surface area contributed by atoms with Crippen molar-refractivity contribution in [2.75, 3.05) is 14.1 Å². The highest BCUT2D eigenvalue weighted by molar-refractivity contribution is 5.82. The standard InChI is InChI=1S/C16H20F3NO/c1-20(2)15(12-8-4-6-10-14(12)21)11-7-3-5-9-13(11)16(17,18)19/h3,5,7,9,12,15H,4,6,8,10H2,1-2H3. The topological polar surface area (TPSA) is 20.3 Å². The third kappa shape index (κ3) is 3.46. The summed E-state index contributed by atoms with van der Waals surface area (Å²) in [4.78, 5) is 13.9. The van der Waals surface area contributed by atoms with Crippen LogP contribution in [0.3, 0.4) is 0 Å². The van der Waals surface area contributed by atoms with E-state index < -0.39 is 17.8 Å². The van der Waals surface area contributed by atoms with Crippen molar-refractivity contribution in [1.82, 2.24) is 4.90 Å². The zero-order valence-electron chi connectivity index (χ0n) is 12.3. The van der Waals surface area contributed by atoms with E-state index in [-0.39, 0.29) is 17.3 Å². The van der Waals surface area contributed by atoms with Crippen LogP contribution in [0.1, 0.15) is 42.9 Å². The van der Waals surface area contributed by atoms with E-state index in [0.29, 0.717) is 12.8 Å². The van der Waals surface area contributed by atoms with E-state index >= 15 is 0 Å². The van der Waals surface area contributed by atoms with Crippen molar-refractivity contribution in [3.8, 4) is 0 Å². The molecule has 2 rings (SSSR count). The fourth-order valence-corrected chi connectivity index (χ4v) is 3.21. The maximum absolute atomic E-state index is 13.2. The van der Waals surface area contributed by atoms with Crippen LogP contribution in [0.5, 0.6) is 0 Å². The number of hydrogen-bond donors (Lipinski definition) is 0. The van der Waals surface area contributed by atoms with Gasteiger partial charge in [-0.2, -0.15) is 13.2 Å². The van der Waals surface area contributed by atoms with E-state index in [0.717, 1.165) is 18.9 Å². The van der Waals surface area contributed by atoms with Gasteiger partial charge in [-0.1, -0.05) is 24.6 Å². The Morgan fingerprint density at radius 1 is 1.19 bits per heavy atom. The Morgan fingerprint density at radius 3 is 2.43 bits per heavy atom. The average Bonchev–Trinajstić information content (AvgIpc) is 2.40. The normalized spacial score (nSPS) is 21.6. The van der Waals surface area contributed by atoms with Gasteiger partial charge in [0.1, 0.15) is 5.78 Å². The van der Waals surface area contributed by atoms with E-state index in [1.54, 1.807) is 25.1 Å². The van der Waals surface area contributed by atoms with Crippen LogP contribution in [-0.2, 0) is 11.0 Å². The van der Waals surface area contributed by atoms with Crippen molar-refractivity contribution in [1.29, 1.82) is 0 Å². The van der Waals surface area contributed by atoms with Crippen LogP contribution in [-0.4, -0.2) is 24.8 Å². The number of alkyl halides is 3. The van der Waals surface area contributed by atoms with E-state index in [1.807, 2.05) is 0 Å². The molecule has 0 aromatic heterocycles. The zero-order chi connectivity index (χ0) is 15.6. The summed E-state index contributed by atoms with van der Waals surface area (Å²) in [5, 5.41) is 0. The van der Waals surface area contributed by atoms with Gasteiger partial charge in [0.25, 0.3) is 0 Å². The van der Waals surface area contributed by atoms with Crippen molar-refractivity contribution in [2.45, 2.75) is 37.9 Å². The molecule has 1 aromatic carbocycles. The number of hydrogen-bond acceptors (Lipinski definition) is 2. The molecule has 0 heterocycles. The smallest absolute Gasteiger partial charge is 0.302 e. The van der Waals surface area contributed by atoms with Gasteiger partial charge >= 0.3 is 6.18 Å². The lowest BCUT2D eigenvalue weighted by molar-refractivity contribution is -0.140. The Labute approximate surface area is 122 Å². The van der Waals surface area contributed by atoms with E-state index in [9.17, 15) is 18.0 Å². The summed E-state index contributed by atoms with van der Waals surface area (Å²) in [5.74, 6) is -0.269. The maximum atomic E-state index is 13.2. The van der Waals surface area contributed by atoms with Crippen LogP contribution in [0.2, 0.25) is 0 Å². The first kappa shape index (κ1) is 16.0. The number of benzene rings is 1. The molecule has 0 amide bonds. The highest BCUT2D eigenvalue weighted by Crippen LogP contribution is 2.41. The quantitative estimate of drug-likeness (QED) is 0.838. The van der Waals surface area contributed by atoms with Crippen molar-refractivity contribution < 1.29 is 18.0 Å². The van der Waals surface area contributed by atoms with Gasteiger partial charge in [0.05, 0.1) is 5.56 Å². The molecule has 0 bridgehead atoms. The second kappa shape index (κ2) is 6.18. The molecule has 1 aliphatic rings.